The Labute approximate surface area is 227 Å². The van der Waals surface area contributed by atoms with E-state index in [0.29, 0.717) is 54.0 Å². The fourth-order valence-electron chi connectivity index (χ4n) is 4.28. The topological polar surface area (TPSA) is 97.0 Å². The van der Waals surface area contributed by atoms with Crippen LogP contribution in [0.25, 0.3) is 0 Å². The number of hydrogen-bond donors (Lipinski definition) is 3. The van der Waals surface area contributed by atoms with Crippen molar-refractivity contribution in [2.75, 3.05) is 45.8 Å². The van der Waals surface area contributed by atoms with Crippen molar-refractivity contribution in [3.63, 3.8) is 0 Å². The molecule has 1 saturated heterocycles. The van der Waals surface area contributed by atoms with Crippen molar-refractivity contribution >= 4 is 40.4 Å². The molecule has 1 aromatic heterocycles. The maximum atomic E-state index is 13.0. The lowest BCUT2D eigenvalue weighted by molar-refractivity contribution is -0.118. The van der Waals surface area contributed by atoms with E-state index >= 15 is 0 Å². The number of benzene rings is 1. The molecule has 0 bridgehead atoms. The van der Waals surface area contributed by atoms with Crippen molar-refractivity contribution in [2.24, 2.45) is 0 Å². The first-order chi connectivity index (χ1) is 17.9. The molecular formula is C26H32ClN5O4S. The van der Waals surface area contributed by atoms with E-state index in [4.69, 9.17) is 38.0 Å². The summed E-state index contributed by atoms with van der Waals surface area (Å²) in [7, 11) is 3.60. The van der Waals surface area contributed by atoms with Crippen molar-refractivity contribution in [2.45, 2.75) is 32.0 Å². The Morgan fingerprint density at radius 1 is 1.38 bits per heavy atom. The molecule has 2 aromatic rings. The number of pyridine rings is 1. The molecular weight excluding hydrogens is 514 g/mol. The number of nitrogens with one attached hydrogen (secondary N) is 3. The number of nitrogens with zero attached hydrogens (tertiary/aromatic N) is 2. The Hall–Kier alpha value is -2.92. The smallest absolute Gasteiger partial charge is 0.256 e. The van der Waals surface area contributed by atoms with E-state index in [2.05, 4.69) is 32.9 Å². The average Bonchev–Trinajstić information content (AvgIpc) is 2.87. The Morgan fingerprint density at radius 3 is 3.00 bits per heavy atom. The van der Waals surface area contributed by atoms with Crippen LogP contribution in [0.2, 0.25) is 5.02 Å². The van der Waals surface area contributed by atoms with Crippen molar-refractivity contribution in [3.05, 3.63) is 58.5 Å². The number of carbonyl (C=O) groups excluding carboxylic acids is 1. The number of ether oxygens (including phenoxy) is 3. The molecule has 37 heavy (non-hydrogen) atoms. The van der Waals surface area contributed by atoms with Crippen LogP contribution in [0.4, 0.5) is 5.69 Å². The standard InChI is InChI=1S/C26H32ClN5O4S/c1-16-11-21(23(25(33)30-16)26(37)31-20-6-4-5-19(27)24(20)34-3)29-12-17-7-8-28-13-22(17)36-15-18-14-35-10-9-32(18)2/h4-8,13,16,18,29H,9-12,14-15H2,1-3H3,(H,30,33)(H,31,37)/t16?,18-/m0/s1. The van der Waals surface area contributed by atoms with Crippen molar-refractivity contribution in [3.8, 4) is 11.5 Å². The number of thiocarbonyl (C=S) groups is 1. The van der Waals surface area contributed by atoms with E-state index in [1.807, 2.05) is 13.0 Å². The molecule has 198 valence electrons. The third-order valence-electron chi connectivity index (χ3n) is 6.38. The van der Waals surface area contributed by atoms with Gasteiger partial charge in [0.2, 0.25) is 0 Å². The molecule has 2 aliphatic rings. The number of aromatic nitrogens is 1. The molecule has 0 spiro atoms. The predicted molar refractivity (Wildman–Crippen MR) is 147 cm³/mol. The van der Waals surface area contributed by atoms with E-state index in [-0.39, 0.29) is 23.0 Å². The second kappa shape index (κ2) is 12.6. The molecule has 0 aliphatic carbocycles. The number of amides is 1. The monoisotopic (exact) mass is 545 g/mol. The van der Waals surface area contributed by atoms with Crippen LogP contribution in [-0.4, -0.2) is 73.4 Å². The first-order valence-corrected chi connectivity index (χ1v) is 12.9. The van der Waals surface area contributed by atoms with Crippen LogP contribution in [0.15, 0.2) is 47.9 Å². The van der Waals surface area contributed by atoms with E-state index < -0.39 is 0 Å². The van der Waals surface area contributed by atoms with Crippen molar-refractivity contribution in [1.82, 2.24) is 20.5 Å². The van der Waals surface area contributed by atoms with Crippen molar-refractivity contribution in [1.29, 1.82) is 0 Å². The molecule has 1 aromatic carbocycles. The van der Waals surface area contributed by atoms with Gasteiger partial charge >= 0.3 is 0 Å². The van der Waals surface area contributed by atoms with Crippen LogP contribution in [0, 0.1) is 0 Å². The van der Waals surface area contributed by atoms with Gasteiger partial charge in [0.05, 0.1) is 48.8 Å². The summed E-state index contributed by atoms with van der Waals surface area (Å²) in [5.74, 6) is 0.902. The van der Waals surface area contributed by atoms with Gasteiger partial charge in [-0.2, -0.15) is 0 Å². The molecule has 0 radical (unpaired) electrons. The predicted octanol–water partition coefficient (Wildman–Crippen LogP) is 3.14. The molecule has 1 amide bonds. The van der Waals surface area contributed by atoms with Gasteiger partial charge in [-0.3, -0.25) is 14.7 Å². The zero-order valence-electron chi connectivity index (χ0n) is 21.2. The third-order valence-corrected chi connectivity index (χ3v) is 6.98. The Kier molecular flexibility index (Phi) is 9.20. The van der Waals surface area contributed by atoms with Gasteiger partial charge < -0.3 is 30.2 Å². The number of morpholine rings is 1. The Bertz CT molecular complexity index is 1180. The van der Waals surface area contributed by atoms with Gasteiger partial charge in [-0.1, -0.05) is 29.9 Å². The number of carbonyl (C=O) groups is 1. The number of anilines is 1. The third kappa shape index (κ3) is 6.70. The summed E-state index contributed by atoms with van der Waals surface area (Å²) in [6, 6.07) is 7.35. The number of halogens is 1. The lowest BCUT2D eigenvalue weighted by Gasteiger charge is -2.32. The average molecular weight is 546 g/mol. The number of methoxy groups -OCH3 is 1. The fraction of sp³-hybridized carbons (Fsp3) is 0.423. The Morgan fingerprint density at radius 2 is 2.22 bits per heavy atom. The molecule has 3 N–H and O–H groups in total. The zero-order chi connectivity index (χ0) is 26.4. The second-order valence-corrected chi connectivity index (χ2v) is 9.88. The second-order valence-electron chi connectivity index (χ2n) is 9.06. The molecule has 11 heteroatoms. The van der Waals surface area contributed by atoms with Gasteiger partial charge in [-0.05, 0) is 32.2 Å². The van der Waals surface area contributed by atoms with Crippen LogP contribution in [0.3, 0.4) is 0 Å². The van der Waals surface area contributed by atoms with Gasteiger partial charge in [0.25, 0.3) is 5.91 Å². The number of para-hydroxylation sites is 1. The van der Waals surface area contributed by atoms with Gasteiger partial charge in [0.1, 0.15) is 17.3 Å². The SMILES string of the molecule is COc1c(Cl)cccc1NC(=S)C1=C(NCc2ccncc2OC[C@@H]2COCCN2C)CC(C)NC1=O. The summed E-state index contributed by atoms with van der Waals surface area (Å²) in [6.45, 7) is 5.14. The first-order valence-electron chi connectivity index (χ1n) is 12.1. The fourth-order valence-corrected chi connectivity index (χ4v) is 4.86. The summed E-state index contributed by atoms with van der Waals surface area (Å²) in [6.07, 6.45) is 4.04. The summed E-state index contributed by atoms with van der Waals surface area (Å²) < 4.78 is 17.1. The molecule has 3 heterocycles. The highest BCUT2D eigenvalue weighted by Crippen LogP contribution is 2.33. The number of likely N-dealkylation sites (N-methyl/N-ethyl adjacent to an activating group) is 1. The van der Waals surface area contributed by atoms with E-state index in [9.17, 15) is 4.79 Å². The quantitative estimate of drug-likeness (QED) is 0.411. The van der Waals surface area contributed by atoms with Gasteiger partial charge in [-0.25, -0.2) is 0 Å². The lowest BCUT2D eigenvalue weighted by Crippen LogP contribution is -2.46. The minimum absolute atomic E-state index is 0.0442. The highest BCUT2D eigenvalue weighted by molar-refractivity contribution is 7.81. The minimum Gasteiger partial charge on any atom is -0.493 e. The highest BCUT2D eigenvalue weighted by atomic mass is 35.5. The highest BCUT2D eigenvalue weighted by Gasteiger charge is 2.28. The van der Waals surface area contributed by atoms with Gasteiger partial charge in [-0.15, -0.1) is 0 Å². The lowest BCUT2D eigenvalue weighted by atomic mass is 10.0. The summed E-state index contributed by atoms with van der Waals surface area (Å²) in [4.78, 5) is 19.8. The van der Waals surface area contributed by atoms with Crippen molar-refractivity contribution < 1.29 is 19.0 Å². The largest absolute Gasteiger partial charge is 0.493 e. The molecule has 2 atom stereocenters. The zero-order valence-corrected chi connectivity index (χ0v) is 22.7. The molecule has 4 rings (SSSR count). The Balaban J connectivity index is 1.51. The van der Waals surface area contributed by atoms with Crippen LogP contribution in [-0.2, 0) is 16.1 Å². The molecule has 0 saturated carbocycles. The summed E-state index contributed by atoms with van der Waals surface area (Å²) >= 11 is 11.9. The summed E-state index contributed by atoms with van der Waals surface area (Å²) in [5, 5.41) is 9.97. The van der Waals surface area contributed by atoms with Crippen LogP contribution < -0.4 is 25.4 Å². The maximum absolute atomic E-state index is 13.0. The number of rotatable bonds is 9. The molecule has 9 nitrogen and oxygen atoms in total. The number of hydrogen-bond acceptors (Lipinski definition) is 8. The first kappa shape index (κ1) is 27.1. The van der Waals surface area contributed by atoms with Gasteiger partial charge in [0, 0.05) is 43.0 Å². The van der Waals surface area contributed by atoms with E-state index in [1.54, 1.807) is 30.6 Å². The van der Waals surface area contributed by atoms with Crippen LogP contribution >= 0.6 is 23.8 Å². The molecule has 1 unspecified atom stereocenters. The summed E-state index contributed by atoms with van der Waals surface area (Å²) in [5.41, 5.74) is 2.64. The maximum Gasteiger partial charge on any atom is 0.256 e. The van der Waals surface area contributed by atoms with Crippen LogP contribution in [0.5, 0.6) is 11.5 Å². The minimum atomic E-state index is -0.244. The normalized spacial score (nSPS) is 20.3. The van der Waals surface area contributed by atoms with Crippen LogP contribution in [0.1, 0.15) is 18.9 Å². The van der Waals surface area contributed by atoms with E-state index in [0.717, 1.165) is 24.4 Å². The molecule has 2 aliphatic heterocycles. The van der Waals surface area contributed by atoms with E-state index in [1.165, 1.54) is 7.11 Å². The molecule has 1 fully saturated rings. The van der Waals surface area contributed by atoms with Gasteiger partial charge in [0.15, 0.2) is 5.75 Å².